The molecule has 2 aromatic rings. The fourth-order valence-electron chi connectivity index (χ4n) is 1.97. The zero-order valence-electron chi connectivity index (χ0n) is 12.6. The Morgan fingerprint density at radius 1 is 1.33 bits per heavy atom. The summed E-state index contributed by atoms with van der Waals surface area (Å²) in [6.45, 7) is 7.54. The Labute approximate surface area is 124 Å². The van der Waals surface area contributed by atoms with Gasteiger partial charge < -0.3 is 15.2 Å². The van der Waals surface area contributed by atoms with Crippen molar-refractivity contribution < 1.29 is 9.47 Å². The van der Waals surface area contributed by atoms with Crippen LogP contribution in [0.15, 0.2) is 18.2 Å². The van der Waals surface area contributed by atoms with Crippen LogP contribution in [0.2, 0.25) is 0 Å². The number of aromatic nitrogens is 4. The molecule has 0 radical (unpaired) electrons. The van der Waals surface area contributed by atoms with Gasteiger partial charge in [-0.2, -0.15) is 0 Å². The molecule has 0 saturated carbocycles. The van der Waals surface area contributed by atoms with Gasteiger partial charge in [-0.15, -0.1) is 5.10 Å². The second-order valence-corrected chi connectivity index (χ2v) is 4.80. The van der Waals surface area contributed by atoms with Gasteiger partial charge in [0.15, 0.2) is 5.82 Å². The molecule has 0 amide bonds. The molecule has 7 heteroatoms. The van der Waals surface area contributed by atoms with E-state index in [0.29, 0.717) is 42.6 Å². The molecule has 2 rings (SSSR count). The lowest BCUT2D eigenvalue weighted by molar-refractivity contribution is 0.0709. The van der Waals surface area contributed by atoms with Crippen molar-refractivity contribution in [3.05, 3.63) is 18.2 Å². The molecule has 1 aromatic carbocycles. The summed E-state index contributed by atoms with van der Waals surface area (Å²) in [7, 11) is 0. The molecule has 0 aliphatic carbocycles. The molecule has 0 aliphatic heterocycles. The summed E-state index contributed by atoms with van der Waals surface area (Å²) in [5.74, 6) is 1.27. The standard InChI is InChI=1S/C14H21N5O2/c1-4-20-12-7-5-6-11(15)13(12)14-16-17-18-19(14)8-9-21-10(2)3/h5-7,10H,4,8-9,15H2,1-3H3. The number of tetrazole rings is 1. The maximum absolute atomic E-state index is 6.07. The quantitative estimate of drug-likeness (QED) is 0.782. The van der Waals surface area contributed by atoms with Crippen LogP contribution < -0.4 is 10.5 Å². The van der Waals surface area contributed by atoms with Gasteiger partial charge in [0, 0.05) is 5.69 Å². The van der Waals surface area contributed by atoms with E-state index >= 15 is 0 Å². The lowest BCUT2D eigenvalue weighted by atomic mass is 10.1. The van der Waals surface area contributed by atoms with E-state index in [2.05, 4.69) is 15.5 Å². The molecule has 114 valence electrons. The average Bonchev–Trinajstić information content (AvgIpc) is 2.87. The number of rotatable bonds is 7. The molecule has 21 heavy (non-hydrogen) atoms. The molecule has 0 spiro atoms. The molecule has 7 nitrogen and oxygen atoms in total. The summed E-state index contributed by atoms with van der Waals surface area (Å²) in [4.78, 5) is 0. The smallest absolute Gasteiger partial charge is 0.187 e. The first-order valence-electron chi connectivity index (χ1n) is 7.03. The monoisotopic (exact) mass is 291 g/mol. The van der Waals surface area contributed by atoms with Crippen molar-refractivity contribution in [2.24, 2.45) is 0 Å². The zero-order valence-corrected chi connectivity index (χ0v) is 12.6. The third kappa shape index (κ3) is 3.69. The van der Waals surface area contributed by atoms with E-state index in [1.807, 2.05) is 39.0 Å². The van der Waals surface area contributed by atoms with E-state index in [0.717, 1.165) is 0 Å². The molecule has 0 atom stereocenters. The predicted octanol–water partition coefficient (Wildman–Crippen LogP) is 1.75. The maximum Gasteiger partial charge on any atom is 0.187 e. The summed E-state index contributed by atoms with van der Waals surface area (Å²) in [5.41, 5.74) is 7.37. The highest BCUT2D eigenvalue weighted by Gasteiger charge is 2.17. The molecular formula is C14H21N5O2. The van der Waals surface area contributed by atoms with Crippen LogP contribution in [0.1, 0.15) is 20.8 Å². The fraction of sp³-hybridized carbons (Fsp3) is 0.500. The molecular weight excluding hydrogens is 270 g/mol. The van der Waals surface area contributed by atoms with Crippen molar-refractivity contribution in [3.63, 3.8) is 0 Å². The highest BCUT2D eigenvalue weighted by atomic mass is 16.5. The first-order valence-corrected chi connectivity index (χ1v) is 7.03. The Bertz CT molecular complexity index is 582. The molecule has 0 bridgehead atoms. The van der Waals surface area contributed by atoms with E-state index in [1.165, 1.54) is 0 Å². The summed E-state index contributed by atoms with van der Waals surface area (Å²) < 4.78 is 12.8. The Kier molecular flexibility index (Phi) is 5.10. The van der Waals surface area contributed by atoms with Crippen LogP contribution in [0, 0.1) is 0 Å². The van der Waals surface area contributed by atoms with Crippen LogP contribution in [-0.4, -0.2) is 39.5 Å². The van der Waals surface area contributed by atoms with Gasteiger partial charge in [0.25, 0.3) is 0 Å². The number of benzene rings is 1. The van der Waals surface area contributed by atoms with Gasteiger partial charge in [-0.1, -0.05) is 6.07 Å². The van der Waals surface area contributed by atoms with Gasteiger partial charge in [0.05, 0.1) is 31.4 Å². The number of nitrogen functional groups attached to an aromatic ring is 1. The molecule has 0 aliphatic rings. The minimum absolute atomic E-state index is 0.172. The van der Waals surface area contributed by atoms with E-state index in [-0.39, 0.29) is 6.10 Å². The van der Waals surface area contributed by atoms with Gasteiger partial charge in [0.1, 0.15) is 5.75 Å². The van der Waals surface area contributed by atoms with E-state index in [4.69, 9.17) is 15.2 Å². The van der Waals surface area contributed by atoms with Crippen LogP contribution in [0.3, 0.4) is 0 Å². The van der Waals surface area contributed by atoms with Gasteiger partial charge >= 0.3 is 0 Å². The van der Waals surface area contributed by atoms with Crippen LogP contribution in [-0.2, 0) is 11.3 Å². The minimum Gasteiger partial charge on any atom is -0.493 e. The van der Waals surface area contributed by atoms with Crippen LogP contribution in [0.4, 0.5) is 5.69 Å². The van der Waals surface area contributed by atoms with E-state index in [9.17, 15) is 0 Å². The Hall–Kier alpha value is -2.15. The summed E-state index contributed by atoms with van der Waals surface area (Å²) >= 11 is 0. The second-order valence-electron chi connectivity index (χ2n) is 4.80. The lowest BCUT2D eigenvalue weighted by Crippen LogP contribution is -2.13. The predicted molar refractivity (Wildman–Crippen MR) is 79.9 cm³/mol. The third-order valence-electron chi connectivity index (χ3n) is 2.87. The third-order valence-corrected chi connectivity index (χ3v) is 2.87. The SMILES string of the molecule is CCOc1cccc(N)c1-c1nnnn1CCOC(C)C. The summed E-state index contributed by atoms with van der Waals surface area (Å²) in [5, 5.41) is 11.8. The van der Waals surface area contributed by atoms with E-state index < -0.39 is 0 Å². The first kappa shape index (κ1) is 15.2. The van der Waals surface area contributed by atoms with Crippen molar-refractivity contribution in [3.8, 4) is 17.1 Å². The maximum atomic E-state index is 6.07. The number of ether oxygens (including phenoxy) is 2. The topological polar surface area (TPSA) is 88.1 Å². The highest BCUT2D eigenvalue weighted by Crippen LogP contribution is 2.33. The molecule has 1 aromatic heterocycles. The Morgan fingerprint density at radius 2 is 2.14 bits per heavy atom. The largest absolute Gasteiger partial charge is 0.493 e. The van der Waals surface area contributed by atoms with Crippen molar-refractivity contribution in [1.82, 2.24) is 20.2 Å². The fourth-order valence-corrected chi connectivity index (χ4v) is 1.97. The molecule has 0 fully saturated rings. The van der Waals surface area contributed by atoms with Gasteiger partial charge in [-0.25, -0.2) is 4.68 Å². The van der Waals surface area contributed by atoms with Crippen molar-refractivity contribution >= 4 is 5.69 Å². The number of hydrogen-bond donors (Lipinski definition) is 1. The Morgan fingerprint density at radius 3 is 2.86 bits per heavy atom. The van der Waals surface area contributed by atoms with Gasteiger partial charge in [-0.3, -0.25) is 0 Å². The lowest BCUT2D eigenvalue weighted by Gasteiger charge is -2.13. The first-order chi connectivity index (χ1) is 10.1. The Balaban J connectivity index is 2.28. The summed E-state index contributed by atoms with van der Waals surface area (Å²) in [6.07, 6.45) is 0.172. The molecule has 0 saturated heterocycles. The van der Waals surface area contributed by atoms with Gasteiger partial charge in [-0.05, 0) is 43.3 Å². The molecule has 2 N–H and O–H groups in total. The number of nitrogens with two attached hydrogens (primary N) is 1. The normalized spacial score (nSPS) is 11.0. The molecule has 0 unspecified atom stereocenters. The van der Waals surface area contributed by atoms with E-state index in [1.54, 1.807) is 4.68 Å². The van der Waals surface area contributed by atoms with Crippen LogP contribution in [0.25, 0.3) is 11.4 Å². The second kappa shape index (κ2) is 7.03. The average molecular weight is 291 g/mol. The summed E-state index contributed by atoms with van der Waals surface area (Å²) in [6, 6.07) is 5.51. The van der Waals surface area contributed by atoms with Crippen LogP contribution in [0.5, 0.6) is 5.75 Å². The number of nitrogens with zero attached hydrogens (tertiary/aromatic N) is 4. The number of hydrogen-bond acceptors (Lipinski definition) is 6. The molecule has 1 heterocycles. The van der Waals surface area contributed by atoms with Crippen molar-refractivity contribution in [1.29, 1.82) is 0 Å². The van der Waals surface area contributed by atoms with Crippen molar-refractivity contribution in [2.45, 2.75) is 33.4 Å². The van der Waals surface area contributed by atoms with Gasteiger partial charge in [0.2, 0.25) is 0 Å². The minimum atomic E-state index is 0.172. The highest BCUT2D eigenvalue weighted by molar-refractivity contribution is 5.77. The number of anilines is 1. The van der Waals surface area contributed by atoms with Crippen LogP contribution >= 0.6 is 0 Å². The van der Waals surface area contributed by atoms with Crippen molar-refractivity contribution in [2.75, 3.05) is 18.9 Å². The zero-order chi connectivity index (χ0) is 15.2.